The van der Waals surface area contributed by atoms with Crippen molar-refractivity contribution in [1.82, 2.24) is 10.6 Å². The van der Waals surface area contributed by atoms with E-state index < -0.39 is 15.8 Å². The molecule has 10 heteroatoms. The molecule has 0 aliphatic carbocycles. The van der Waals surface area contributed by atoms with Gasteiger partial charge in [-0.3, -0.25) is 9.71 Å². The Bertz CT molecular complexity index is 753. The number of anilines is 1. The molecule has 0 amide bonds. The van der Waals surface area contributed by atoms with Crippen LogP contribution in [0, 0.1) is 12.7 Å². The SMILES string of the molecule is CN=C(NCCS(=O)(=O)Nc1ccc(C)c(F)c1)NCC1(C)CCCO1.I. The van der Waals surface area contributed by atoms with E-state index in [1.807, 2.05) is 6.92 Å². The third kappa shape index (κ3) is 7.78. The van der Waals surface area contributed by atoms with Crippen molar-refractivity contribution in [2.75, 3.05) is 37.2 Å². The summed E-state index contributed by atoms with van der Waals surface area (Å²) in [6.07, 6.45) is 2.01. The number of aryl methyl sites for hydroxylation is 1. The number of nitrogens with one attached hydrogen (secondary N) is 3. The van der Waals surface area contributed by atoms with Gasteiger partial charge in [-0.05, 0) is 44.4 Å². The Kier molecular flexibility index (Phi) is 9.22. The second kappa shape index (κ2) is 10.4. The van der Waals surface area contributed by atoms with Crippen LogP contribution in [0.25, 0.3) is 0 Å². The van der Waals surface area contributed by atoms with E-state index in [1.54, 1.807) is 14.0 Å². The zero-order chi connectivity index (χ0) is 19.2. The number of benzene rings is 1. The highest BCUT2D eigenvalue weighted by Gasteiger charge is 2.29. The molecule has 1 aliphatic heterocycles. The number of hydrogen-bond acceptors (Lipinski definition) is 4. The van der Waals surface area contributed by atoms with Gasteiger partial charge in [0.05, 0.1) is 17.0 Å². The van der Waals surface area contributed by atoms with Crippen molar-refractivity contribution >= 4 is 45.6 Å². The van der Waals surface area contributed by atoms with Crippen LogP contribution < -0.4 is 15.4 Å². The minimum absolute atomic E-state index is 0. The van der Waals surface area contributed by atoms with Crippen molar-refractivity contribution in [2.45, 2.75) is 32.3 Å². The maximum absolute atomic E-state index is 13.5. The minimum atomic E-state index is -3.60. The standard InChI is InChI=1S/C17H27FN4O3S.HI/c1-13-5-6-14(11-15(13)18)22-26(23,24)10-8-20-16(19-3)21-12-17(2)7-4-9-25-17;/h5-6,11,22H,4,7-10,12H2,1-3H3,(H2,19,20,21);1H. The quantitative estimate of drug-likeness (QED) is 0.295. The highest BCUT2D eigenvalue weighted by molar-refractivity contribution is 14.0. The van der Waals surface area contributed by atoms with Gasteiger partial charge in [-0.25, -0.2) is 12.8 Å². The zero-order valence-electron chi connectivity index (χ0n) is 15.8. The third-order valence-electron chi connectivity index (χ3n) is 4.26. The first kappa shape index (κ1) is 23.9. The maximum atomic E-state index is 13.5. The van der Waals surface area contributed by atoms with Gasteiger partial charge in [-0.1, -0.05) is 6.07 Å². The lowest BCUT2D eigenvalue weighted by Gasteiger charge is -2.24. The molecule has 154 valence electrons. The number of ether oxygens (including phenoxy) is 1. The monoisotopic (exact) mass is 514 g/mol. The highest BCUT2D eigenvalue weighted by Crippen LogP contribution is 2.23. The molecule has 1 heterocycles. The van der Waals surface area contributed by atoms with Crippen molar-refractivity contribution < 1.29 is 17.5 Å². The minimum Gasteiger partial charge on any atom is -0.373 e. The summed E-state index contributed by atoms with van der Waals surface area (Å²) in [5, 5.41) is 6.11. The summed E-state index contributed by atoms with van der Waals surface area (Å²) in [5.74, 6) is -0.106. The molecule has 0 radical (unpaired) electrons. The molecular formula is C17H28FIN4O3S. The first-order valence-electron chi connectivity index (χ1n) is 8.58. The third-order valence-corrected chi connectivity index (χ3v) is 5.55. The summed E-state index contributed by atoms with van der Waals surface area (Å²) >= 11 is 0. The van der Waals surface area contributed by atoms with E-state index in [0.29, 0.717) is 18.1 Å². The summed E-state index contributed by atoms with van der Waals surface area (Å²) in [5.41, 5.74) is 0.451. The van der Waals surface area contributed by atoms with E-state index in [0.717, 1.165) is 19.4 Å². The van der Waals surface area contributed by atoms with Gasteiger partial charge in [-0.2, -0.15) is 0 Å². The fourth-order valence-electron chi connectivity index (χ4n) is 2.66. The molecular weight excluding hydrogens is 486 g/mol. The average molecular weight is 514 g/mol. The maximum Gasteiger partial charge on any atom is 0.234 e. The van der Waals surface area contributed by atoms with Crippen LogP contribution in [0.5, 0.6) is 0 Å². The molecule has 27 heavy (non-hydrogen) atoms. The number of hydrogen-bond donors (Lipinski definition) is 3. The van der Waals surface area contributed by atoms with Crippen LogP contribution in [0.1, 0.15) is 25.3 Å². The van der Waals surface area contributed by atoms with Crippen LogP contribution >= 0.6 is 24.0 Å². The number of aliphatic imine (C=N–C) groups is 1. The van der Waals surface area contributed by atoms with Gasteiger partial charge < -0.3 is 15.4 Å². The van der Waals surface area contributed by atoms with Crippen molar-refractivity contribution in [3.63, 3.8) is 0 Å². The number of guanidine groups is 1. The van der Waals surface area contributed by atoms with E-state index in [2.05, 4.69) is 20.3 Å². The highest BCUT2D eigenvalue weighted by atomic mass is 127. The van der Waals surface area contributed by atoms with E-state index in [-0.39, 0.29) is 47.6 Å². The van der Waals surface area contributed by atoms with Crippen LogP contribution in [0.15, 0.2) is 23.2 Å². The summed E-state index contributed by atoms with van der Waals surface area (Å²) in [7, 11) is -1.98. The fraction of sp³-hybridized carbons (Fsp3) is 0.588. The molecule has 1 atom stereocenters. The lowest BCUT2D eigenvalue weighted by Crippen LogP contribution is -2.46. The average Bonchev–Trinajstić information content (AvgIpc) is 3.01. The Balaban J connectivity index is 0.00000364. The molecule has 1 aromatic carbocycles. The molecule has 0 bridgehead atoms. The van der Waals surface area contributed by atoms with Crippen molar-refractivity contribution in [1.29, 1.82) is 0 Å². The van der Waals surface area contributed by atoms with Gasteiger partial charge in [-0.15, -0.1) is 24.0 Å². The largest absolute Gasteiger partial charge is 0.373 e. The smallest absolute Gasteiger partial charge is 0.234 e. The van der Waals surface area contributed by atoms with Crippen molar-refractivity contribution in [3.8, 4) is 0 Å². The summed E-state index contributed by atoms with van der Waals surface area (Å²) in [6, 6.07) is 4.23. The Morgan fingerprint density at radius 3 is 2.70 bits per heavy atom. The van der Waals surface area contributed by atoms with Gasteiger partial charge >= 0.3 is 0 Å². The molecule has 2 rings (SSSR count). The van der Waals surface area contributed by atoms with E-state index in [1.165, 1.54) is 18.2 Å². The lowest BCUT2D eigenvalue weighted by atomic mass is 10.0. The van der Waals surface area contributed by atoms with E-state index in [9.17, 15) is 12.8 Å². The van der Waals surface area contributed by atoms with E-state index >= 15 is 0 Å². The molecule has 0 spiro atoms. The summed E-state index contributed by atoms with van der Waals surface area (Å²) in [4.78, 5) is 4.08. The normalized spacial score (nSPS) is 20.1. The molecule has 7 nitrogen and oxygen atoms in total. The number of nitrogens with zero attached hydrogens (tertiary/aromatic N) is 1. The first-order valence-corrected chi connectivity index (χ1v) is 10.2. The van der Waals surface area contributed by atoms with Crippen LogP contribution in [0.3, 0.4) is 0 Å². The van der Waals surface area contributed by atoms with Gasteiger partial charge in [0.1, 0.15) is 5.82 Å². The van der Waals surface area contributed by atoms with Crippen LogP contribution in [0.4, 0.5) is 10.1 Å². The predicted molar refractivity (Wildman–Crippen MR) is 117 cm³/mol. The molecule has 1 unspecified atom stereocenters. The number of rotatable bonds is 7. The van der Waals surface area contributed by atoms with Gasteiger partial charge in [0.2, 0.25) is 10.0 Å². The fourth-order valence-corrected chi connectivity index (χ4v) is 3.62. The van der Waals surface area contributed by atoms with Gasteiger partial charge in [0.25, 0.3) is 0 Å². The Labute approximate surface area is 177 Å². The zero-order valence-corrected chi connectivity index (χ0v) is 19.0. The van der Waals surface area contributed by atoms with Crippen molar-refractivity contribution in [3.05, 3.63) is 29.6 Å². The predicted octanol–water partition coefficient (Wildman–Crippen LogP) is 2.23. The topological polar surface area (TPSA) is 91.8 Å². The second-order valence-electron chi connectivity index (χ2n) is 6.64. The molecule has 1 saturated heterocycles. The molecule has 3 N–H and O–H groups in total. The van der Waals surface area contributed by atoms with E-state index in [4.69, 9.17) is 4.74 Å². The molecule has 1 aliphatic rings. The molecule has 0 saturated carbocycles. The van der Waals surface area contributed by atoms with Crippen LogP contribution in [-0.2, 0) is 14.8 Å². The Morgan fingerprint density at radius 1 is 1.37 bits per heavy atom. The number of halogens is 2. The van der Waals surface area contributed by atoms with Crippen molar-refractivity contribution in [2.24, 2.45) is 4.99 Å². The first-order chi connectivity index (χ1) is 12.2. The lowest BCUT2D eigenvalue weighted by molar-refractivity contribution is 0.0243. The van der Waals surface area contributed by atoms with Gasteiger partial charge in [0, 0.05) is 26.7 Å². The molecule has 1 fully saturated rings. The Hall–Kier alpha value is -1.14. The molecule has 0 aromatic heterocycles. The van der Waals surface area contributed by atoms with Crippen LogP contribution in [-0.4, -0.2) is 52.5 Å². The Morgan fingerprint density at radius 2 is 2.11 bits per heavy atom. The van der Waals surface area contributed by atoms with Crippen LogP contribution in [0.2, 0.25) is 0 Å². The van der Waals surface area contributed by atoms with Gasteiger partial charge in [0.15, 0.2) is 5.96 Å². The molecule has 1 aromatic rings. The summed E-state index contributed by atoms with van der Waals surface area (Å²) < 4.78 is 45.9. The number of sulfonamides is 1. The summed E-state index contributed by atoms with van der Waals surface area (Å²) in [6.45, 7) is 5.18. The second-order valence-corrected chi connectivity index (χ2v) is 8.48.